The number of benzene rings is 3. The number of phenols is 1. The van der Waals surface area contributed by atoms with Gasteiger partial charge in [0.1, 0.15) is 5.75 Å². The summed E-state index contributed by atoms with van der Waals surface area (Å²) in [5, 5.41) is 13.5. The molecule has 3 aromatic rings. The molecule has 0 fully saturated rings. The summed E-state index contributed by atoms with van der Waals surface area (Å²) in [5.41, 5.74) is 4.76. The maximum atomic E-state index is 10.1. The molecule has 3 rings (SSSR count). The van der Waals surface area contributed by atoms with Gasteiger partial charge in [-0.3, -0.25) is 0 Å². The highest BCUT2D eigenvalue weighted by Crippen LogP contribution is 2.31. The Hall–Kier alpha value is -3.00. The number of hydrogen-bond donors (Lipinski definition) is 2. The van der Waals surface area contributed by atoms with Gasteiger partial charge < -0.3 is 10.4 Å². The van der Waals surface area contributed by atoms with Crippen LogP contribution in [0.3, 0.4) is 0 Å². The van der Waals surface area contributed by atoms with Gasteiger partial charge in [0, 0.05) is 16.9 Å². The van der Waals surface area contributed by atoms with Gasteiger partial charge in [-0.2, -0.15) is 0 Å². The fourth-order valence-electron chi connectivity index (χ4n) is 2.34. The third-order valence-electron chi connectivity index (χ3n) is 3.52. The Morgan fingerprint density at radius 3 is 2.14 bits per heavy atom. The van der Waals surface area contributed by atoms with Gasteiger partial charge in [0.05, 0.1) is 0 Å². The second-order valence-corrected chi connectivity index (χ2v) is 5.05. The molecule has 0 spiro atoms. The molecule has 0 heterocycles. The Morgan fingerprint density at radius 2 is 1.50 bits per heavy atom. The lowest BCUT2D eigenvalue weighted by molar-refractivity contribution is 0.477. The zero-order chi connectivity index (χ0) is 15.4. The van der Waals surface area contributed by atoms with Gasteiger partial charge in [-0.1, -0.05) is 55.1 Å². The molecule has 22 heavy (non-hydrogen) atoms. The standard InChI is InChI=1S/C20H17NO/c1-2-15-8-13-19(20(22)14-15)16-9-11-18(12-10-16)21-17-6-4-3-5-7-17/h2-14,21-22H,1H2. The Kier molecular flexibility index (Phi) is 3.92. The molecule has 3 aromatic carbocycles. The van der Waals surface area contributed by atoms with E-state index in [9.17, 15) is 5.11 Å². The van der Waals surface area contributed by atoms with E-state index < -0.39 is 0 Å². The third kappa shape index (κ3) is 3.01. The molecule has 0 saturated heterocycles. The molecule has 0 aromatic heterocycles. The molecular formula is C20H17NO. The van der Waals surface area contributed by atoms with E-state index in [4.69, 9.17) is 0 Å². The Balaban J connectivity index is 1.84. The monoisotopic (exact) mass is 287 g/mol. The highest BCUT2D eigenvalue weighted by atomic mass is 16.3. The largest absolute Gasteiger partial charge is 0.507 e. The van der Waals surface area contributed by atoms with Crippen LogP contribution in [0.15, 0.2) is 79.4 Å². The maximum Gasteiger partial charge on any atom is 0.123 e. The van der Waals surface area contributed by atoms with E-state index in [1.165, 1.54) is 0 Å². The van der Waals surface area contributed by atoms with Gasteiger partial charge in [-0.25, -0.2) is 0 Å². The first-order valence-electron chi connectivity index (χ1n) is 7.14. The van der Waals surface area contributed by atoms with Crippen molar-refractivity contribution in [3.05, 3.63) is 84.9 Å². The minimum absolute atomic E-state index is 0.265. The van der Waals surface area contributed by atoms with Crippen molar-refractivity contribution in [2.24, 2.45) is 0 Å². The average molecular weight is 287 g/mol. The molecule has 0 amide bonds. The second-order valence-electron chi connectivity index (χ2n) is 5.05. The molecule has 2 nitrogen and oxygen atoms in total. The lowest BCUT2D eigenvalue weighted by atomic mass is 10.0. The van der Waals surface area contributed by atoms with Crippen molar-refractivity contribution in [2.45, 2.75) is 0 Å². The fourth-order valence-corrected chi connectivity index (χ4v) is 2.34. The van der Waals surface area contributed by atoms with Crippen molar-refractivity contribution in [1.29, 1.82) is 0 Å². The summed E-state index contributed by atoms with van der Waals surface area (Å²) in [7, 11) is 0. The summed E-state index contributed by atoms with van der Waals surface area (Å²) in [5.74, 6) is 0.265. The molecule has 2 N–H and O–H groups in total. The first-order chi connectivity index (χ1) is 10.8. The van der Waals surface area contributed by atoms with E-state index in [-0.39, 0.29) is 5.75 Å². The predicted octanol–water partition coefficient (Wildman–Crippen LogP) is 5.45. The van der Waals surface area contributed by atoms with Crippen LogP contribution in [0.4, 0.5) is 11.4 Å². The van der Waals surface area contributed by atoms with Crippen molar-refractivity contribution < 1.29 is 5.11 Å². The van der Waals surface area contributed by atoms with E-state index in [1.807, 2.05) is 66.7 Å². The Bertz CT molecular complexity index is 777. The van der Waals surface area contributed by atoms with Crippen molar-refractivity contribution >= 4 is 17.5 Å². The van der Waals surface area contributed by atoms with Crippen LogP contribution in [0.2, 0.25) is 0 Å². The summed E-state index contributed by atoms with van der Waals surface area (Å²) in [6.45, 7) is 3.71. The van der Waals surface area contributed by atoms with E-state index in [0.29, 0.717) is 0 Å². The summed E-state index contributed by atoms with van der Waals surface area (Å²) in [6, 6.07) is 23.6. The zero-order valence-electron chi connectivity index (χ0n) is 12.2. The molecule has 0 bridgehead atoms. The quantitative estimate of drug-likeness (QED) is 0.669. The summed E-state index contributed by atoms with van der Waals surface area (Å²) in [6.07, 6.45) is 1.72. The van der Waals surface area contributed by atoms with Gasteiger partial charge in [-0.05, 0) is 41.5 Å². The smallest absolute Gasteiger partial charge is 0.123 e. The first kappa shape index (κ1) is 14.0. The van der Waals surface area contributed by atoms with Crippen molar-refractivity contribution in [2.75, 3.05) is 5.32 Å². The van der Waals surface area contributed by atoms with Gasteiger partial charge in [0.2, 0.25) is 0 Å². The van der Waals surface area contributed by atoms with Crippen LogP contribution >= 0.6 is 0 Å². The van der Waals surface area contributed by atoms with Crippen LogP contribution in [0.25, 0.3) is 17.2 Å². The molecule has 0 unspecified atom stereocenters. The molecule has 2 heteroatoms. The number of anilines is 2. The normalized spacial score (nSPS) is 10.2. The predicted molar refractivity (Wildman–Crippen MR) is 93.4 cm³/mol. The fraction of sp³-hybridized carbons (Fsp3) is 0. The molecule has 0 aliphatic heterocycles. The maximum absolute atomic E-state index is 10.1. The highest BCUT2D eigenvalue weighted by Gasteiger charge is 2.04. The molecule has 0 radical (unpaired) electrons. The summed E-state index contributed by atoms with van der Waals surface area (Å²) < 4.78 is 0. The van der Waals surface area contributed by atoms with E-state index >= 15 is 0 Å². The minimum Gasteiger partial charge on any atom is -0.507 e. The SMILES string of the molecule is C=Cc1ccc(-c2ccc(Nc3ccccc3)cc2)c(O)c1. The Labute approximate surface area is 130 Å². The van der Waals surface area contributed by atoms with E-state index in [2.05, 4.69) is 11.9 Å². The number of aromatic hydroxyl groups is 1. The molecular weight excluding hydrogens is 270 g/mol. The van der Waals surface area contributed by atoms with Crippen LogP contribution in [-0.4, -0.2) is 5.11 Å². The molecule has 0 aliphatic rings. The second kappa shape index (κ2) is 6.19. The molecule has 0 atom stereocenters. The van der Waals surface area contributed by atoms with Crippen LogP contribution in [0, 0.1) is 0 Å². The van der Waals surface area contributed by atoms with Crippen LogP contribution in [0.1, 0.15) is 5.56 Å². The minimum atomic E-state index is 0.265. The molecule has 108 valence electrons. The van der Waals surface area contributed by atoms with Gasteiger partial charge >= 0.3 is 0 Å². The highest BCUT2D eigenvalue weighted by molar-refractivity contribution is 5.74. The Morgan fingerprint density at radius 1 is 0.818 bits per heavy atom. The third-order valence-corrected chi connectivity index (χ3v) is 3.52. The van der Waals surface area contributed by atoms with Crippen LogP contribution in [-0.2, 0) is 0 Å². The summed E-state index contributed by atoms with van der Waals surface area (Å²) in [4.78, 5) is 0. The van der Waals surface area contributed by atoms with Crippen molar-refractivity contribution in [1.82, 2.24) is 0 Å². The summed E-state index contributed by atoms with van der Waals surface area (Å²) >= 11 is 0. The number of para-hydroxylation sites is 1. The zero-order valence-corrected chi connectivity index (χ0v) is 12.2. The lowest BCUT2D eigenvalue weighted by Crippen LogP contribution is -1.89. The van der Waals surface area contributed by atoms with Gasteiger partial charge in [0.15, 0.2) is 0 Å². The number of hydrogen-bond acceptors (Lipinski definition) is 2. The van der Waals surface area contributed by atoms with E-state index in [1.54, 1.807) is 12.1 Å². The lowest BCUT2D eigenvalue weighted by Gasteiger charge is -2.09. The molecule has 0 saturated carbocycles. The van der Waals surface area contributed by atoms with Gasteiger partial charge in [0.25, 0.3) is 0 Å². The molecule has 0 aliphatic carbocycles. The first-order valence-corrected chi connectivity index (χ1v) is 7.14. The van der Waals surface area contributed by atoms with Gasteiger partial charge in [-0.15, -0.1) is 0 Å². The van der Waals surface area contributed by atoms with Crippen molar-refractivity contribution in [3.8, 4) is 16.9 Å². The van der Waals surface area contributed by atoms with Crippen LogP contribution < -0.4 is 5.32 Å². The number of rotatable bonds is 4. The van der Waals surface area contributed by atoms with Crippen molar-refractivity contribution in [3.63, 3.8) is 0 Å². The number of nitrogens with one attached hydrogen (secondary N) is 1. The topological polar surface area (TPSA) is 32.3 Å². The van der Waals surface area contributed by atoms with Crippen LogP contribution in [0.5, 0.6) is 5.75 Å². The number of phenolic OH excluding ortho intramolecular Hbond substituents is 1. The van der Waals surface area contributed by atoms with E-state index in [0.717, 1.165) is 28.1 Å². The average Bonchev–Trinajstić information content (AvgIpc) is 2.56.